The van der Waals surface area contributed by atoms with E-state index in [0.29, 0.717) is 17.7 Å². The molecule has 0 spiro atoms. The van der Waals surface area contributed by atoms with Gasteiger partial charge in [-0.05, 0) is 29.3 Å². The number of benzene rings is 2. The van der Waals surface area contributed by atoms with Crippen LogP contribution < -0.4 is 15.5 Å². The highest BCUT2D eigenvalue weighted by atomic mass is 16.2. The highest BCUT2D eigenvalue weighted by molar-refractivity contribution is 6.02. The van der Waals surface area contributed by atoms with Crippen LogP contribution in [0.15, 0.2) is 48.5 Å². The highest BCUT2D eigenvalue weighted by Gasteiger charge is 2.29. The van der Waals surface area contributed by atoms with Crippen LogP contribution in [0.25, 0.3) is 0 Å². The standard InChI is InChI=1S/C20H22N4O3/c1-23(2)16-9-7-14(8-10-16)11-21-19(26)17-6-4-3-5-15(17)13-24-18(25)12-22-20(24)27/h3-10H,11-13H2,1-2H3,(H,21,26)(H,22,27). The van der Waals surface area contributed by atoms with Crippen LogP contribution in [0.3, 0.4) is 0 Å². The van der Waals surface area contributed by atoms with Crippen molar-refractivity contribution in [3.05, 3.63) is 65.2 Å². The maximum atomic E-state index is 12.6. The number of urea groups is 1. The smallest absolute Gasteiger partial charge is 0.324 e. The third-order valence-electron chi connectivity index (χ3n) is 4.43. The molecule has 1 fully saturated rings. The van der Waals surface area contributed by atoms with Gasteiger partial charge in [0.2, 0.25) is 5.91 Å². The van der Waals surface area contributed by atoms with E-state index in [4.69, 9.17) is 0 Å². The SMILES string of the molecule is CN(C)c1ccc(CNC(=O)c2ccccc2CN2C(=O)CNC2=O)cc1. The first-order valence-electron chi connectivity index (χ1n) is 8.66. The van der Waals surface area contributed by atoms with Crippen molar-refractivity contribution in [2.45, 2.75) is 13.1 Å². The summed E-state index contributed by atoms with van der Waals surface area (Å²) in [7, 11) is 3.94. The lowest BCUT2D eigenvalue weighted by Gasteiger charge is -2.16. The molecule has 7 nitrogen and oxygen atoms in total. The molecule has 1 aliphatic rings. The molecule has 0 aliphatic carbocycles. The summed E-state index contributed by atoms with van der Waals surface area (Å²) >= 11 is 0. The van der Waals surface area contributed by atoms with E-state index in [9.17, 15) is 14.4 Å². The van der Waals surface area contributed by atoms with Crippen LogP contribution in [0, 0.1) is 0 Å². The molecule has 0 bridgehead atoms. The van der Waals surface area contributed by atoms with Crippen LogP contribution in [0.4, 0.5) is 10.5 Å². The molecule has 27 heavy (non-hydrogen) atoms. The zero-order valence-electron chi connectivity index (χ0n) is 15.4. The number of rotatable bonds is 6. The molecule has 1 heterocycles. The number of amides is 4. The lowest BCUT2D eigenvalue weighted by molar-refractivity contribution is -0.125. The molecule has 140 valence electrons. The second-order valence-corrected chi connectivity index (χ2v) is 6.54. The second kappa shape index (κ2) is 7.90. The summed E-state index contributed by atoms with van der Waals surface area (Å²) in [4.78, 5) is 39.3. The van der Waals surface area contributed by atoms with Gasteiger partial charge in [0, 0.05) is 31.9 Å². The van der Waals surface area contributed by atoms with Gasteiger partial charge in [-0.3, -0.25) is 14.5 Å². The maximum absolute atomic E-state index is 12.6. The number of hydrogen-bond donors (Lipinski definition) is 2. The fourth-order valence-corrected chi connectivity index (χ4v) is 2.85. The quantitative estimate of drug-likeness (QED) is 0.763. The number of imide groups is 1. The molecule has 0 radical (unpaired) electrons. The predicted octanol–water partition coefficient (Wildman–Crippen LogP) is 1.73. The Morgan fingerprint density at radius 3 is 2.44 bits per heavy atom. The normalized spacial score (nSPS) is 13.5. The zero-order chi connectivity index (χ0) is 19.4. The molecule has 2 aromatic rings. The van der Waals surface area contributed by atoms with Gasteiger partial charge in [0.15, 0.2) is 0 Å². The zero-order valence-corrected chi connectivity index (χ0v) is 15.4. The van der Waals surface area contributed by atoms with E-state index in [-0.39, 0.29) is 24.9 Å². The van der Waals surface area contributed by atoms with Crippen molar-refractivity contribution in [3.63, 3.8) is 0 Å². The molecule has 1 aliphatic heterocycles. The summed E-state index contributed by atoms with van der Waals surface area (Å²) in [6.07, 6.45) is 0. The molecule has 2 N–H and O–H groups in total. The van der Waals surface area contributed by atoms with Gasteiger partial charge in [-0.2, -0.15) is 0 Å². The Morgan fingerprint density at radius 2 is 1.81 bits per heavy atom. The Balaban J connectivity index is 1.68. The van der Waals surface area contributed by atoms with E-state index in [1.807, 2.05) is 43.3 Å². The Labute approximate surface area is 158 Å². The Kier molecular flexibility index (Phi) is 5.40. The fourth-order valence-electron chi connectivity index (χ4n) is 2.85. The molecule has 7 heteroatoms. The number of carbonyl (C=O) groups excluding carboxylic acids is 3. The van der Waals surface area contributed by atoms with Gasteiger partial charge in [0.1, 0.15) is 0 Å². The van der Waals surface area contributed by atoms with Crippen LogP contribution in [0.5, 0.6) is 0 Å². The molecule has 0 unspecified atom stereocenters. The van der Waals surface area contributed by atoms with Gasteiger partial charge in [-0.1, -0.05) is 30.3 Å². The summed E-state index contributed by atoms with van der Waals surface area (Å²) in [5.74, 6) is -0.537. The number of nitrogens with one attached hydrogen (secondary N) is 2. The van der Waals surface area contributed by atoms with E-state index < -0.39 is 6.03 Å². The number of carbonyl (C=O) groups is 3. The van der Waals surface area contributed by atoms with Gasteiger partial charge in [-0.25, -0.2) is 4.79 Å². The third kappa shape index (κ3) is 4.25. The summed E-state index contributed by atoms with van der Waals surface area (Å²) in [5, 5.41) is 5.38. The van der Waals surface area contributed by atoms with Gasteiger partial charge < -0.3 is 15.5 Å². The average Bonchev–Trinajstić information content (AvgIpc) is 2.99. The second-order valence-electron chi connectivity index (χ2n) is 6.54. The van der Waals surface area contributed by atoms with Crippen LogP contribution in [0.1, 0.15) is 21.5 Å². The van der Waals surface area contributed by atoms with Crippen molar-refractivity contribution in [3.8, 4) is 0 Å². The fraction of sp³-hybridized carbons (Fsp3) is 0.250. The number of anilines is 1. The van der Waals surface area contributed by atoms with Crippen molar-refractivity contribution in [1.82, 2.24) is 15.5 Å². The predicted molar refractivity (Wildman–Crippen MR) is 102 cm³/mol. The van der Waals surface area contributed by atoms with Crippen molar-refractivity contribution in [1.29, 1.82) is 0 Å². The topological polar surface area (TPSA) is 81.8 Å². The van der Waals surface area contributed by atoms with E-state index in [1.54, 1.807) is 24.3 Å². The average molecular weight is 366 g/mol. The van der Waals surface area contributed by atoms with Crippen LogP contribution in [-0.2, 0) is 17.9 Å². The highest BCUT2D eigenvalue weighted by Crippen LogP contribution is 2.15. The maximum Gasteiger partial charge on any atom is 0.324 e. The largest absolute Gasteiger partial charge is 0.378 e. The monoisotopic (exact) mass is 366 g/mol. The molecule has 0 atom stereocenters. The van der Waals surface area contributed by atoms with Crippen molar-refractivity contribution >= 4 is 23.5 Å². The minimum atomic E-state index is -0.434. The summed E-state index contributed by atoms with van der Waals surface area (Å²) in [5.41, 5.74) is 3.16. The van der Waals surface area contributed by atoms with Crippen molar-refractivity contribution in [2.24, 2.45) is 0 Å². The van der Waals surface area contributed by atoms with E-state index >= 15 is 0 Å². The Bertz CT molecular complexity index is 846. The summed E-state index contributed by atoms with van der Waals surface area (Å²) < 4.78 is 0. The molecule has 2 aromatic carbocycles. The van der Waals surface area contributed by atoms with Gasteiger partial charge in [0.05, 0.1) is 13.1 Å². The molecule has 3 rings (SSSR count). The summed E-state index contributed by atoms with van der Waals surface area (Å²) in [6, 6.07) is 14.5. The van der Waals surface area contributed by atoms with Gasteiger partial charge >= 0.3 is 6.03 Å². The van der Waals surface area contributed by atoms with Crippen molar-refractivity contribution < 1.29 is 14.4 Å². The molecular weight excluding hydrogens is 344 g/mol. The molecular formula is C20H22N4O3. The van der Waals surface area contributed by atoms with E-state index in [0.717, 1.165) is 16.2 Å². The first-order chi connectivity index (χ1) is 13.0. The molecule has 4 amide bonds. The molecule has 0 saturated carbocycles. The third-order valence-corrected chi connectivity index (χ3v) is 4.43. The lowest BCUT2D eigenvalue weighted by Crippen LogP contribution is -2.32. The first-order valence-corrected chi connectivity index (χ1v) is 8.66. The van der Waals surface area contributed by atoms with Crippen LogP contribution in [0.2, 0.25) is 0 Å². The molecule has 1 saturated heterocycles. The number of hydrogen-bond acceptors (Lipinski definition) is 4. The van der Waals surface area contributed by atoms with Gasteiger partial charge in [-0.15, -0.1) is 0 Å². The van der Waals surface area contributed by atoms with Crippen molar-refractivity contribution in [2.75, 3.05) is 25.5 Å². The van der Waals surface area contributed by atoms with E-state index in [2.05, 4.69) is 10.6 Å². The van der Waals surface area contributed by atoms with Gasteiger partial charge in [0.25, 0.3) is 5.91 Å². The minimum absolute atomic E-state index is 0.00383. The summed E-state index contributed by atoms with van der Waals surface area (Å²) in [6.45, 7) is 0.464. The van der Waals surface area contributed by atoms with Crippen LogP contribution in [-0.4, -0.2) is 43.4 Å². The van der Waals surface area contributed by atoms with E-state index in [1.165, 1.54) is 0 Å². The molecule has 0 aromatic heterocycles. The first kappa shape index (κ1) is 18.4. The Hall–Kier alpha value is -3.35. The lowest BCUT2D eigenvalue weighted by atomic mass is 10.1. The minimum Gasteiger partial charge on any atom is -0.378 e. The van der Waals surface area contributed by atoms with Crippen LogP contribution >= 0.6 is 0 Å². The number of nitrogens with zero attached hydrogens (tertiary/aromatic N) is 2. The Morgan fingerprint density at radius 1 is 1.11 bits per heavy atom.